The Labute approximate surface area is 564 Å². The van der Waals surface area contributed by atoms with Crippen molar-refractivity contribution in [3.63, 3.8) is 0 Å². The fourth-order valence-corrected chi connectivity index (χ4v) is 14.6. The first-order chi connectivity index (χ1) is 45.4. The molecule has 0 fully saturated rings. The number of benzene rings is 14. The van der Waals surface area contributed by atoms with Crippen molar-refractivity contribution in [1.29, 1.82) is 0 Å². The fraction of sp³-hybridized carbons (Fsp3) is 0.159. The van der Waals surface area contributed by atoms with Crippen LogP contribution in [0.25, 0.3) is 152 Å². The number of hydrogen-bond acceptors (Lipinski definition) is 0. The predicted molar refractivity (Wildman–Crippen MR) is 406 cm³/mol. The van der Waals surface area contributed by atoms with E-state index in [1.54, 1.807) is 0 Å². The SMILES string of the molecule is CCCCCCc1cc2c(-c3c4ccccc4cc4ccccc34)ccc(-c3c4ccccc4cc4ccccc34)c2[cH-]1.CCCCCCc1cc2c(-c3c4ccccc4cc4ccccc34)ccc(-c3c4ccccc4cc4ccccc34)c2[cH-]1.C[Si]C.[Cl][Zr+2][Cl]. The molecule has 16 aromatic carbocycles. The van der Waals surface area contributed by atoms with Gasteiger partial charge in [-0.15, -0.1) is 44.8 Å². The summed E-state index contributed by atoms with van der Waals surface area (Å²) < 4.78 is 0. The van der Waals surface area contributed by atoms with Crippen molar-refractivity contribution in [1.82, 2.24) is 0 Å². The molecule has 0 saturated heterocycles. The number of rotatable bonds is 14. The second kappa shape index (κ2) is 29.3. The Morgan fingerprint density at radius 1 is 0.283 bits per heavy atom. The number of halogens is 2. The van der Waals surface area contributed by atoms with Gasteiger partial charge in [0.2, 0.25) is 0 Å². The molecule has 0 aliphatic carbocycles. The van der Waals surface area contributed by atoms with E-state index in [0.29, 0.717) is 0 Å². The molecule has 0 aliphatic rings. The molecular formula is C88H76Cl2SiZr. The van der Waals surface area contributed by atoms with Crippen molar-refractivity contribution in [2.75, 3.05) is 0 Å². The average Bonchev–Trinajstić information content (AvgIpc) is 1.30. The summed E-state index contributed by atoms with van der Waals surface area (Å²) in [6, 6.07) is 100. The van der Waals surface area contributed by atoms with Crippen molar-refractivity contribution in [3.8, 4) is 44.5 Å². The van der Waals surface area contributed by atoms with Crippen molar-refractivity contribution >= 4 is 134 Å². The van der Waals surface area contributed by atoms with Crippen LogP contribution >= 0.6 is 17.0 Å². The van der Waals surface area contributed by atoms with Crippen LogP contribution in [0.15, 0.2) is 267 Å². The van der Waals surface area contributed by atoms with Crippen molar-refractivity contribution in [3.05, 3.63) is 278 Å². The Balaban J connectivity index is 0.000000155. The molecule has 0 saturated carbocycles. The van der Waals surface area contributed by atoms with Crippen LogP contribution in [-0.4, -0.2) is 9.52 Å². The molecule has 0 bridgehead atoms. The van der Waals surface area contributed by atoms with Gasteiger partial charge in [-0.05, 0) is 146 Å². The third-order valence-corrected chi connectivity index (χ3v) is 18.7. The summed E-state index contributed by atoms with van der Waals surface area (Å²) in [5.74, 6) is 0. The van der Waals surface area contributed by atoms with Gasteiger partial charge in [-0.1, -0.05) is 319 Å². The van der Waals surface area contributed by atoms with E-state index in [4.69, 9.17) is 17.0 Å². The monoisotopic (exact) mass is 1320 g/mol. The molecule has 0 unspecified atom stereocenters. The van der Waals surface area contributed by atoms with Gasteiger partial charge >= 0.3 is 37.9 Å². The Morgan fingerprint density at radius 2 is 0.500 bits per heavy atom. The van der Waals surface area contributed by atoms with Crippen LogP contribution in [0, 0.1) is 0 Å². The molecule has 0 N–H and O–H groups in total. The quantitative estimate of drug-likeness (QED) is 0.0441. The van der Waals surface area contributed by atoms with E-state index in [1.165, 1.54) is 215 Å². The molecule has 16 aromatic rings. The summed E-state index contributed by atoms with van der Waals surface area (Å²) in [5, 5.41) is 26.3. The van der Waals surface area contributed by atoms with E-state index in [9.17, 15) is 0 Å². The summed E-state index contributed by atoms with van der Waals surface area (Å²) >= 11 is -0.826. The first kappa shape index (κ1) is 62.8. The third-order valence-electron chi connectivity index (χ3n) is 18.7. The van der Waals surface area contributed by atoms with Crippen LogP contribution in [0.2, 0.25) is 13.1 Å². The van der Waals surface area contributed by atoms with Gasteiger partial charge in [-0.25, -0.2) is 0 Å². The zero-order chi connectivity index (χ0) is 62.9. The predicted octanol–water partition coefficient (Wildman–Crippen LogP) is 27.4. The zero-order valence-corrected chi connectivity index (χ0v) is 58.2. The van der Waals surface area contributed by atoms with Gasteiger partial charge in [0.15, 0.2) is 0 Å². The minimum absolute atomic E-state index is 0.826. The first-order valence-electron chi connectivity index (χ1n) is 33.1. The summed E-state index contributed by atoms with van der Waals surface area (Å²) in [5.41, 5.74) is 13.6. The fourth-order valence-electron chi connectivity index (χ4n) is 14.6. The Bertz CT molecular complexity index is 4420. The van der Waals surface area contributed by atoms with Crippen LogP contribution < -0.4 is 0 Å². The van der Waals surface area contributed by atoms with E-state index < -0.39 is 20.8 Å². The number of hydrogen-bond donors (Lipinski definition) is 0. The van der Waals surface area contributed by atoms with Crippen molar-refractivity contribution < 1.29 is 20.8 Å². The molecule has 92 heavy (non-hydrogen) atoms. The van der Waals surface area contributed by atoms with Gasteiger partial charge in [0.05, 0.1) is 0 Å². The van der Waals surface area contributed by atoms with E-state index in [2.05, 4.69) is 294 Å². The second-order valence-corrected chi connectivity index (χ2v) is 29.4. The molecule has 0 nitrogen and oxygen atoms in total. The number of fused-ring (bicyclic) bond motifs is 10. The van der Waals surface area contributed by atoms with Gasteiger partial charge in [-0.2, -0.15) is 12.1 Å². The van der Waals surface area contributed by atoms with E-state index in [1.807, 2.05) is 0 Å². The molecule has 2 radical (unpaired) electrons. The molecule has 4 heteroatoms. The summed E-state index contributed by atoms with van der Waals surface area (Å²) in [4.78, 5) is 0. The average molecular weight is 1320 g/mol. The molecule has 450 valence electrons. The van der Waals surface area contributed by atoms with E-state index >= 15 is 0 Å². The van der Waals surface area contributed by atoms with Crippen LogP contribution in [0.1, 0.15) is 76.3 Å². The summed E-state index contributed by atoms with van der Waals surface area (Å²) in [6.45, 7) is 8.89. The molecule has 0 atom stereocenters. The molecule has 0 aliphatic heterocycles. The van der Waals surface area contributed by atoms with Gasteiger partial charge in [-0.3, -0.25) is 0 Å². The van der Waals surface area contributed by atoms with Crippen molar-refractivity contribution in [2.45, 2.75) is 91.1 Å². The molecule has 0 amide bonds. The molecule has 16 rings (SSSR count). The standard InChI is InChI=1S/2C43H35.C2H6Si.2ClH.Zr/c2*1-2-3-4-5-14-29-25-40-38(42-34-19-10-6-15-30(34)27-31-16-7-11-20-35(31)42)23-24-39(41(40)26-29)43-36-21-12-8-17-32(36)28-33-18-9-13-22-37(33)43;1-3-2;;;/h2*6-13,15-28H,2-5,14H2,1H3;1-2H3;2*1H;/q2*-1;;;;+4/p-2. The van der Waals surface area contributed by atoms with Crippen LogP contribution in [0.5, 0.6) is 0 Å². The topological polar surface area (TPSA) is 0 Å². The maximum absolute atomic E-state index is 4.93. The van der Waals surface area contributed by atoms with Gasteiger partial charge in [0, 0.05) is 9.52 Å². The minimum atomic E-state index is -0.826. The van der Waals surface area contributed by atoms with Crippen LogP contribution in [0.4, 0.5) is 0 Å². The normalized spacial score (nSPS) is 11.4. The number of unbranched alkanes of at least 4 members (excludes halogenated alkanes) is 6. The summed E-state index contributed by atoms with van der Waals surface area (Å²) in [7, 11) is 11.0. The van der Waals surface area contributed by atoms with E-state index in [0.717, 1.165) is 22.4 Å². The molecule has 0 spiro atoms. The van der Waals surface area contributed by atoms with Gasteiger partial charge < -0.3 is 0 Å². The molecular weight excluding hydrogens is 1250 g/mol. The molecule has 0 aromatic heterocycles. The summed E-state index contributed by atoms with van der Waals surface area (Å²) in [6.07, 6.45) is 12.5. The van der Waals surface area contributed by atoms with Gasteiger partial charge in [0.25, 0.3) is 0 Å². The van der Waals surface area contributed by atoms with Crippen LogP contribution in [0.3, 0.4) is 0 Å². The Kier molecular flexibility index (Phi) is 20.0. The van der Waals surface area contributed by atoms with Crippen molar-refractivity contribution in [2.24, 2.45) is 0 Å². The Morgan fingerprint density at radius 3 is 0.739 bits per heavy atom. The Hall–Kier alpha value is -7.94. The van der Waals surface area contributed by atoms with Gasteiger partial charge in [0.1, 0.15) is 0 Å². The first-order valence-corrected chi connectivity index (χ1v) is 41.4. The molecule has 0 heterocycles. The third kappa shape index (κ3) is 12.7. The van der Waals surface area contributed by atoms with Crippen LogP contribution in [-0.2, 0) is 33.7 Å². The second-order valence-electron chi connectivity index (χ2n) is 24.7. The zero-order valence-electron chi connectivity index (χ0n) is 53.2. The maximum atomic E-state index is 4.93. The number of aryl methyl sites for hydroxylation is 2. The van der Waals surface area contributed by atoms with E-state index in [-0.39, 0.29) is 0 Å².